The lowest BCUT2D eigenvalue weighted by Crippen LogP contribution is -2.00. The van der Waals surface area contributed by atoms with Gasteiger partial charge in [-0.1, -0.05) is 12.1 Å². The highest BCUT2D eigenvalue weighted by atomic mass is 32.2. The standard InChI is InChI=1S/C28H20N4O6S4/c1-15-3-8-20-23(11-15)39-27(29-20)17-5-10-22(26(13-17)42(36,37)38)32-31-18-6-7-19(25(14-18)41(33,34)35)28-30-21-9-4-16(2)12-24(21)40-28/h3-14H,1-2H3,(H,33,34,35)(H,36,37,38). The number of fused-ring (bicyclic) bond motifs is 2. The molecule has 0 unspecified atom stereocenters. The molecule has 0 atom stereocenters. The highest BCUT2D eigenvalue weighted by molar-refractivity contribution is 7.86. The minimum Gasteiger partial charge on any atom is -0.282 e. The summed E-state index contributed by atoms with van der Waals surface area (Å²) in [7, 11) is -9.41. The molecule has 0 spiro atoms. The van der Waals surface area contributed by atoms with Crippen molar-refractivity contribution in [2.75, 3.05) is 0 Å². The van der Waals surface area contributed by atoms with Crippen LogP contribution in [0.4, 0.5) is 11.4 Å². The van der Waals surface area contributed by atoms with Crippen LogP contribution in [0, 0.1) is 13.8 Å². The summed E-state index contributed by atoms with van der Waals surface area (Å²) >= 11 is 2.66. The molecule has 0 aliphatic carbocycles. The van der Waals surface area contributed by atoms with Gasteiger partial charge in [-0.3, -0.25) is 9.11 Å². The molecule has 0 aliphatic rings. The monoisotopic (exact) mass is 636 g/mol. The molecule has 42 heavy (non-hydrogen) atoms. The average molecular weight is 637 g/mol. The topological polar surface area (TPSA) is 159 Å². The van der Waals surface area contributed by atoms with Crippen LogP contribution in [0.2, 0.25) is 0 Å². The molecule has 4 aromatic carbocycles. The number of aryl methyl sites for hydroxylation is 2. The first kappa shape index (κ1) is 28.2. The summed E-state index contributed by atoms with van der Waals surface area (Å²) in [6.45, 7) is 3.90. The summed E-state index contributed by atoms with van der Waals surface area (Å²) in [6.07, 6.45) is 0. The highest BCUT2D eigenvalue weighted by Gasteiger charge is 2.21. The number of nitrogens with zero attached hydrogens (tertiary/aromatic N) is 4. The van der Waals surface area contributed by atoms with Gasteiger partial charge >= 0.3 is 0 Å². The van der Waals surface area contributed by atoms with E-state index in [1.54, 1.807) is 6.07 Å². The fourth-order valence-corrected chi connectivity index (χ4v) is 7.90. The molecular weight excluding hydrogens is 617 g/mol. The molecule has 14 heteroatoms. The fraction of sp³-hybridized carbons (Fsp3) is 0.0714. The van der Waals surface area contributed by atoms with Crippen LogP contribution >= 0.6 is 22.7 Å². The van der Waals surface area contributed by atoms with Gasteiger partial charge in [0.25, 0.3) is 20.2 Å². The van der Waals surface area contributed by atoms with Crippen LogP contribution in [0.25, 0.3) is 41.6 Å². The van der Waals surface area contributed by atoms with Crippen LogP contribution < -0.4 is 0 Å². The van der Waals surface area contributed by atoms with E-state index in [1.165, 1.54) is 46.9 Å². The first-order valence-electron chi connectivity index (χ1n) is 12.3. The van der Waals surface area contributed by atoms with Crippen molar-refractivity contribution in [2.24, 2.45) is 10.2 Å². The second-order valence-electron chi connectivity index (χ2n) is 9.49. The Morgan fingerprint density at radius 2 is 1.24 bits per heavy atom. The third-order valence-electron chi connectivity index (χ3n) is 6.32. The summed E-state index contributed by atoms with van der Waals surface area (Å²) in [5.41, 5.74) is 4.04. The second-order valence-corrected chi connectivity index (χ2v) is 14.3. The van der Waals surface area contributed by atoms with E-state index >= 15 is 0 Å². The molecule has 0 saturated carbocycles. The molecule has 0 saturated heterocycles. The lowest BCUT2D eigenvalue weighted by Gasteiger charge is -2.06. The minimum atomic E-state index is -4.71. The zero-order valence-corrected chi connectivity index (χ0v) is 25.1. The SMILES string of the molecule is Cc1ccc2nc(-c3ccc(N=Nc4ccc(-c5nc6ccc(C)cc6s5)c(S(=O)(=O)O)c4)c(S(=O)(=O)O)c3)sc2c1. The molecule has 0 radical (unpaired) electrons. The fourth-order valence-electron chi connectivity index (χ4n) is 4.31. The van der Waals surface area contributed by atoms with E-state index in [9.17, 15) is 25.9 Å². The third kappa shape index (κ3) is 5.60. The van der Waals surface area contributed by atoms with Crippen molar-refractivity contribution in [3.05, 3.63) is 83.9 Å². The van der Waals surface area contributed by atoms with Gasteiger partial charge in [-0.2, -0.15) is 21.9 Å². The highest BCUT2D eigenvalue weighted by Crippen LogP contribution is 2.38. The van der Waals surface area contributed by atoms with Gasteiger partial charge in [-0.15, -0.1) is 27.8 Å². The Morgan fingerprint density at radius 1 is 0.643 bits per heavy atom. The molecule has 0 amide bonds. The predicted octanol–water partition coefficient (Wildman–Crippen LogP) is 7.77. The lowest BCUT2D eigenvalue weighted by atomic mass is 10.2. The van der Waals surface area contributed by atoms with E-state index in [0.29, 0.717) is 21.1 Å². The Hall–Kier alpha value is -3.92. The lowest BCUT2D eigenvalue weighted by molar-refractivity contribution is 0.481. The number of azo groups is 1. The summed E-state index contributed by atoms with van der Waals surface area (Å²) in [5, 5.41) is 8.93. The smallest absolute Gasteiger partial charge is 0.282 e. The van der Waals surface area contributed by atoms with Crippen molar-refractivity contribution in [3.63, 3.8) is 0 Å². The van der Waals surface area contributed by atoms with Crippen LogP contribution in [0.1, 0.15) is 11.1 Å². The van der Waals surface area contributed by atoms with Crippen LogP contribution in [-0.2, 0) is 20.2 Å². The normalized spacial score (nSPS) is 12.6. The van der Waals surface area contributed by atoms with Gasteiger partial charge in [0.15, 0.2) is 0 Å². The molecule has 2 aromatic heterocycles. The van der Waals surface area contributed by atoms with Gasteiger partial charge < -0.3 is 0 Å². The quantitative estimate of drug-likeness (QED) is 0.139. The molecule has 2 heterocycles. The second kappa shape index (κ2) is 10.4. The van der Waals surface area contributed by atoms with Gasteiger partial charge in [0.1, 0.15) is 25.5 Å². The summed E-state index contributed by atoms with van der Waals surface area (Å²) in [6, 6.07) is 19.7. The van der Waals surface area contributed by atoms with E-state index in [1.807, 2.05) is 50.2 Å². The maximum absolute atomic E-state index is 12.3. The summed E-state index contributed by atoms with van der Waals surface area (Å²) < 4.78 is 70.9. The maximum Gasteiger partial charge on any atom is 0.296 e. The molecule has 10 nitrogen and oxygen atoms in total. The first-order valence-corrected chi connectivity index (χ1v) is 16.8. The first-order chi connectivity index (χ1) is 19.8. The number of aromatic nitrogens is 2. The van der Waals surface area contributed by atoms with Crippen LogP contribution in [0.15, 0.2) is 92.8 Å². The molecule has 6 aromatic rings. The van der Waals surface area contributed by atoms with Crippen LogP contribution in [-0.4, -0.2) is 35.9 Å². The largest absolute Gasteiger partial charge is 0.296 e. The van der Waals surface area contributed by atoms with Crippen molar-refractivity contribution < 1.29 is 25.9 Å². The molecule has 2 N–H and O–H groups in total. The van der Waals surface area contributed by atoms with Gasteiger partial charge in [0.05, 0.1) is 26.1 Å². The zero-order chi connectivity index (χ0) is 29.8. The van der Waals surface area contributed by atoms with Gasteiger partial charge in [-0.05, 0) is 85.6 Å². The Labute approximate surface area is 248 Å². The molecule has 0 bridgehead atoms. The van der Waals surface area contributed by atoms with Crippen molar-refractivity contribution in [1.82, 2.24) is 9.97 Å². The van der Waals surface area contributed by atoms with Crippen molar-refractivity contribution in [1.29, 1.82) is 0 Å². The number of hydrogen-bond donors (Lipinski definition) is 2. The van der Waals surface area contributed by atoms with E-state index in [-0.39, 0.29) is 16.9 Å². The van der Waals surface area contributed by atoms with Gasteiger partial charge in [0, 0.05) is 11.1 Å². The van der Waals surface area contributed by atoms with Crippen LogP contribution in [0.5, 0.6) is 0 Å². The molecule has 0 fully saturated rings. The van der Waals surface area contributed by atoms with Crippen molar-refractivity contribution in [3.8, 4) is 21.1 Å². The Kier molecular flexibility index (Phi) is 7.00. The number of rotatable bonds is 6. The summed E-state index contributed by atoms with van der Waals surface area (Å²) in [4.78, 5) is 8.14. The molecule has 6 rings (SSSR count). The van der Waals surface area contributed by atoms with Crippen molar-refractivity contribution >= 4 is 74.7 Å². The molecule has 212 valence electrons. The number of hydrogen-bond acceptors (Lipinski definition) is 10. The third-order valence-corrected chi connectivity index (χ3v) is 10.2. The number of thiazole rings is 2. The van der Waals surface area contributed by atoms with E-state index < -0.39 is 30.0 Å². The predicted molar refractivity (Wildman–Crippen MR) is 163 cm³/mol. The average Bonchev–Trinajstić information content (AvgIpc) is 3.54. The molecule has 0 aliphatic heterocycles. The van der Waals surface area contributed by atoms with Crippen molar-refractivity contribution in [2.45, 2.75) is 23.6 Å². The Morgan fingerprint density at radius 3 is 1.86 bits per heavy atom. The van der Waals surface area contributed by atoms with E-state index in [4.69, 9.17) is 0 Å². The number of benzene rings is 4. The summed E-state index contributed by atoms with van der Waals surface area (Å²) in [5.74, 6) is 0. The van der Waals surface area contributed by atoms with E-state index in [2.05, 4.69) is 20.2 Å². The van der Waals surface area contributed by atoms with Gasteiger partial charge in [0.2, 0.25) is 0 Å². The van der Waals surface area contributed by atoms with E-state index in [0.717, 1.165) is 32.1 Å². The Bertz CT molecular complexity index is 2290. The van der Waals surface area contributed by atoms with Crippen LogP contribution in [0.3, 0.4) is 0 Å². The zero-order valence-electron chi connectivity index (χ0n) is 21.9. The minimum absolute atomic E-state index is 0.0234. The Balaban J connectivity index is 1.39. The molecular formula is C28H20N4O6S4. The van der Waals surface area contributed by atoms with Gasteiger partial charge in [-0.25, -0.2) is 9.97 Å². The maximum atomic E-state index is 12.3.